The summed E-state index contributed by atoms with van der Waals surface area (Å²) in [6.45, 7) is 6.57. The Morgan fingerprint density at radius 2 is 1.64 bits per heavy atom. The van der Waals surface area contributed by atoms with Gasteiger partial charge in [0.2, 0.25) is 5.91 Å². The zero-order valence-corrected chi connectivity index (χ0v) is 16.8. The van der Waals surface area contributed by atoms with Crippen LogP contribution in [0.3, 0.4) is 0 Å². The predicted octanol–water partition coefficient (Wildman–Crippen LogP) is 3.81. The van der Waals surface area contributed by atoms with E-state index in [1.54, 1.807) is 24.3 Å². The number of nitrogens with one attached hydrogen (secondary N) is 2. The monoisotopic (exact) mass is 402 g/mol. The number of ether oxygens (including phenoxy) is 2. The Kier molecular flexibility index (Phi) is 6.09. The first-order valence-electron chi connectivity index (χ1n) is 9.12. The molecule has 0 fully saturated rings. The van der Waals surface area contributed by atoms with E-state index in [2.05, 4.69) is 10.6 Å². The molecular formula is C21H23ClN2O4. The van der Waals surface area contributed by atoms with Crippen LogP contribution in [-0.4, -0.2) is 31.1 Å². The lowest BCUT2D eigenvalue weighted by atomic mass is 10.0. The normalized spacial score (nSPS) is 13.8. The summed E-state index contributed by atoms with van der Waals surface area (Å²) in [6, 6.07) is 9.70. The highest BCUT2D eigenvalue weighted by atomic mass is 35.5. The number of aryl methyl sites for hydroxylation is 1. The van der Waals surface area contributed by atoms with Gasteiger partial charge in [0, 0.05) is 17.7 Å². The Morgan fingerprint density at radius 1 is 1.04 bits per heavy atom. The molecular weight excluding hydrogens is 380 g/mol. The predicted molar refractivity (Wildman–Crippen MR) is 108 cm³/mol. The molecule has 0 aromatic heterocycles. The number of carbonyl (C=O) groups is 2. The van der Waals surface area contributed by atoms with Crippen LogP contribution < -0.4 is 20.1 Å². The van der Waals surface area contributed by atoms with Crippen molar-refractivity contribution in [2.45, 2.75) is 26.8 Å². The molecule has 0 radical (unpaired) electrons. The van der Waals surface area contributed by atoms with Crippen LogP contribution in [0.2, 0.25) is 5.02 Å². The van der Waals surface area contributed by atoms with Gasteiger partial charge in [0.05, 0.1) is 10.7 Å². The third kappa shape index (κ3) is 4.57. The van der Waals surface area contributed by atoms with Crippen LogP contribution in [0.4, 0.5) is 5.69 Å². The first-order chi connectivity index (χ1) is 13.3. The van der Waals surface area contributed by atoms with Crippen molar-refractivity contribution >= 4 is 29.1 Å². The highest BCUT2D eigenvalue weighted by Crippen LogP contribution is 2.38. The molecule has 28 heavy (non-hydrogen) atoms. The molecule has 1 atom stereocenters. The Labute approximate surface area is 169 Å². The van der Waals surface area contributed by atoms with Gasteiger partial charge in [-0.15, -0.1) is 0 Å². The molecule has 0 saturated carbocycles. The lowest BCUT2D eigenvalue weighted by molar-refractivity contribution is -0.118. The van der Waals surface area contributed by atoms with Crippen LogP contribution in [0.1, 0.15) is 29.8 Å². The molecule has 0 aliphatic carbocycles. The minimum Gasteiger partial charge on any atom is -0.486 e. The summed E-state index contributed by atoms with van der Waals surface area (Å²) in [5.74, 6) is 0.291. The van der Waals surface area contributed by atoms with Gasteiger partial charge in [-0.3, -0.25) is 9.59 Å². The van der Waals surface area contributed by atoms with Crippen LogP contribution in [0.15, 0.2) is 36.4 Å². The molecule has 1 aliphatic rings. The Hall–Kier alpha value is -2.73. The van der Waals surface area contributed by atoms with Crippen molar-refractivity contribution in [3.8, 4) is 11.5 Å². The maximum Gasteiger partial charge on any atom is 0.251 e. The van der Waals surface area contributed by atoms with Crippen molar-refractivity contribution in [1.82, 2.24) is 5.32 Å². The maximum atomic E-state index is 12.8. The van der Waals surface area contributed by atoms with Crippen LogP contribution in [-0.2, 0) is 4.79 Å². The quantitative estimate of drug-likeness (QED) is 0.797. The summed E-state index contributed by atoms with van der Waals surface area (Å²) in [4.78, 5) is 25.4. The Bertz CT molecular complexity index is 881. The third-order valence-corrected chi connectivity index (χ3v) is 4.75. The fourth-order valence-corrected chi connectivity index (χ4v) is 3.04. The first-order valence-corrected chi connectivity index (χ1v) is 9.50. The van der Waals surface area contributed by atoms with Gasteiger partial charge in [-0.1, -0.05) is 43.1 Å². The smallest absolute Gasteiger partial charge is 0.251 e. The van der Waals surface area contributed by atoms with E-state index in [1.807, 2.05) is 32.9 Å². The molecule has 7 heteroatoms. The van der Waals surface area contributed by atoms with E-state index in [-0.39, 0.29) is 17.7 Å². The lowest BCUT2D eigenvalue weighted by Crippen LogP contribution is -2.47. The van der Waals surface area contributed by atoms with Crippen molar-refractivity contribution in [2.75, 3.05) is 18.5 Å². The fraction of sp³-hybridized carbons (Fsp3) is 0.333. The molecule has 2 aromatic carbocycles. The standard InChI is InChI=1S/C21H23ClN2O4/c1-12(2)19(24-20(25)14-6-4-13(3)5-7-14)21(26)23-16-11-18-17(10-15(16)22)27-8-9-28-18/h4-7,10-12,19H,8-9H2,1-3H3,(H,23,26)(H,24,25). The van der Waals surface area contributed by atoms with E-state index in [0.29, 0.717) is 41.0 Å². The third-order valence-electron chi connectivity index (χ3n) is 4.44. The van der Waals surface area contributed by atoms with Gasteiger partial charge in [0.15, 0.2) is 11.5 Å². The number of benzene rings is 2. The van der Waals surface area contributed by atoms with E-state index in [9.17, 15) is 9.59 Å². The number of carbonyl (C=O) groups excluding carboxylic acids is 2. The first kappa shape index (κ1) is 20.0. The van der Waals surface area contributed by atoms with Crippen molar-refractivity contribution in [1.29, 1.82) is 0 Å². The Balaban J connectivity index is 1.74. The zero-order valence-electron chi connectivity index (χ0n) is 16.0. The highest BCUT2D eigenvalue weighted by molar-refractivity contribution is 6.34. The molecule has 0 saturated heterocycles. The van der Waals surface area contributed by atoms with Crippen LogP contribution in [0, 0.1) is 12.8 Å². The molecule has 1 unspecified atom stereocenters. The number of amides is 2. The molecule has 1 aliphatic heterocycles. The fourth-order valence-electron chi connectivity index (χ4n) is 2.83. The Morgan fingerprint density at radius 3 is 2.25 bits per heavy atom. The van der Waals surface area contributed by atoms with Crippen molar-refractivity contribution in [3.05, 3.63) is 52.5 Å². The number of hydrogen-bond donors (Lipinski definition) is 2. The molecule has 2 aromatic rings. The molecule has 2 amide bonds. The van der Waals surface area contributed by atoms with Gasteiger partial charge in [0.1, 0.15) is 19.3 Å². The topological polar surface area (TPSA) is 76.7 Å². The van der Waals surface area contributed by atoms with Crippen LogP contribution in [0.5, 0.6) is 11.5 Å². The van der Waals surface area contributed by atoms with Gasteiger partial charge in [-0.2, -0.15) is 0 Å². The van der Waals surface area contributed by atoms with E-state index in [4.69, 9.17) is 21.1 Å². The minimum atomic E-state index is -0.724. The van der Waals surface area contributed by atoms with Gasteiger partial charge in [-0.25, -0.2) is 0 Å². The molecule has 2 N–H and O–H groups in total. The van der Waals surface area contributed by atoms with Crippen LogP contribution >= 0.6 is 11.6 Å². The van der Waals surface area contributed by atoms with E-state index in [1.165, 1.54) is 0 Å². The van der Waals surface area contributed by atoms with Gasteiger partial charge in [-0.05, 0) is 25.0 Å². The maximum absolute atomic E-state index is 12.8. The summed E-state index contributed by atoms with van der Waals surface area (Å²) in [5.41, 5.74) is 1.97. The largest absolute Gasteiger partial charge is 0.486 e. The van der Waals surface area contributed by atoms with Crippen molar-refractivity contribution < 1.29 is 19.1 Å². The molecule has 3 rings (SSSR count). The molecule has 0 bridgehead atoms. The van der Waals surface area contributed by atoms with E-state index >= 15 is 0 Å². The minimum absolute atomic E-state index is 0.120. The zero-order chi connectivity index (χ0) is 20.3. The second-order valence-electron chi connectivity index (χ2n) is 7.03. The lowest BCUT2D eigenvalue weighted by Gasteiger charge is -2.23. The van der Waals surface area contributed by atoms with Crippen molar-refractivity contribution in [3.63, 3.8) is 0 Å². The molecule has 6 nitrogen and oxygen atoms in total. The van der Waals surface area contributed by atoms with Gasteiger partial charge in [0.25, 0.3) is 5.91 Å². The SMILES string of the molecule is Cc1ccc(C(=O)NC(C(=O)Nc2cc3c(cc2Cl)OCCO3)C(C)C)cc1. The summed E-state index contributed by atoms with van der Waals surface area (Å²) in [7, 11) is 0. The molecule has 1 heterocycles. The van der Waals surface area contributed by atoms with Crippen molar-refractivity contribution in [2.24, 2.45) is 5.92 Å². The summed E-state index contributed by atoms with van der Waals surface area (Å²) < 4.78 is 11.0. The summed E-state index contributed by atoms with van der Waals surface area (Å²) >= 11 is 6.27. The summed E-state index contributed by atoms with van der Waals surface area (Å²) in [5, 5.41) is 5.93. The highest BCUT2D eigenvalue weighted by Gasteiger charge is 2.26. The van der Waals surface area contributed by atoms with E-state index in [0.717, 1.165) is 5.56 Å². The average molecular weight is 403 g/mol. The van der Waals surface area contributed by atoms with Gasteiger partial charge < -0.3 is 20.1 Å². The molecule has 148 valence electrons. The number of rotatable bonds is 5. The van der Waals surface area contributed by atoms with E-state index < -0.39 is 6.04 Å². The second-order valence-corrected chi connectivity index (χ2v) is 7.43. The number of fused-ring (bicyclic) bond motifs is 1. The second kappa shape index (κ2) is 8.52. The number of hydrogen-bond acceptors (Lipinski definition) is 4. The number of anilines is 1. The summed E-state index contributed by atoms with van der Waals surface area (Å²) in [6.07, 6.45) is 0. The molecule has 0 spiro atoms. The van der Waals surface area contributed by atoms with Gasteiger partial charge >= 0.3 is 0 Å². The van der Waals surface area contributed by atoms with Crippen LogP contribution in [0.25, 0.3) is 0 Å². The number of halogens is 1. The average Bonchev–Trinajstić information content (AvgIpc) is 2.66.